The Morgan fingerprint density at radius 3 is 2.68 bits per heavy atom. The predicted octanol–water partition coefficient (Wildman–Crippen LogP) is 2.45. The average Bonchev–Trinajstić information content (AvgIpc) is 2.52. The molecule has 0 bridgehead atoms. The Morgan fingerprint density at radius 2 is 2.00 bits per heavy atom. The molecule has 1 fully saturated rings. The fourth-order valence-corrected chi connectivity index (χ4v) is 2.68. The lowest BCUT2D eigenvalue weighted by atomic mass is 9.98. The third-order valence-electron chi connectivity index (χ3n) is 3.81. The molecule has 1 amide bonds. The van der Waals surface area contributed by atoms with Gasteiger partial charge in [-0.05, 0) is 49.9 Å². The largest absolute Gasteiger partial charge is 0.484 e. The van der Waals surface area contributed by atoms with Crippen LogP contribution in [0.4, 0.5) is 4.39 Å². The summed E-state index contributed by atoms with van der Waals surface area (Å²) in [6, 6.07) is 5.46. The van der Waals surface area contributed by atoms with E-state index < -0.39 is 5.97 Å². The first kappa shape index (κ1) is 16.3. The topological polar surface area (TPSA) is 66.8 Å². The average molecular weight is 309 g/mol. The second kappa shape index (κ2) is 7.77. The summed E-state index contributed by atoms with van der Waals surface area (Å²) in [7, 11) is 0. The van der Waals surface area contributed by atoms with Crippen molar-refractivity contribution in [2.24, 2.45) is 0 Å². The van der Waals surface area contributed by atoms with Crippen LogP contribution in [0, 0.1) is 5.82 Å². The van der Waals surface area contributed by atoms with Gasteiger partial charge in [0.25, 0.3) is 5.91 Å². The molecule has 1 atom stereocenters. The molecule has 0 aromatic heterocycles. The van der Waals surface area contributed by atoms with Crippen LogP contribution in [0.5, 0.6) is 5.75 Å². The minimum atomic E-state index is -0.847. The number of halogens is 1. The molecule has 6 heteroatoms. The quantitative estimate of drug-likeness (QED) is 0.876. The number of carboxylic acids is 1. The number of carbonyl (C=O) groups excluding carboxylic acids is 1. The summed E-state index contributed by atoms with van der Waals surface area (Å²) in [5.41, 5.74) is 0. The number of piperidine rings is 1. The Hall–Kier alpha value is -2.11. The summed E-state index contributed by atoms with van der Waals surface area (Å²) in [4.78, 5) is 24.7. The molecule has 1 aliphatic heterocycles. The van der Waals surface area contributed by atoms with Crippen molar-refractivity contribution in [3.8, 4) is 5.75 Å². The van der Waals surface area contributed by atoms with Crippen LogP contribution in [0.3, 0.4) is 0 Å². The van der Waals surface area contributed by atoms with E-state index in [0.717, 1.165) is 19.3 Å². The van der Waals surface area contributed by atoms with Crippen molar-refractivity contribution in [2.75, 3.05) is 13.2 Å². The van der Waals surface area contributed by atoms with E-state index in [0.29, 0.717) is 18.7 Å². The highest BCUT2D eigenvalue weighted by Gasteiger charge is 2.27. The molecule has 120 valence electrons. The van der Waals surface area contributed by atoms with Gasteiger partial charge in [0.05, 0.1) is 0 Å². The van der Waals surface area contributed by atoms with Crippen LogP contribution in [-0.4, -0.2) is 41.1 Å². The molecule has 1 aromatic rings. The molecule has 1 heterocycles. The minimum absolute atomic E-state index is 0.0332. The molecule has 22 heavy (non-hydrogen) atoms. The molecule has 1 N–H and O–H groups in total. The lowest BCUT2D eigenvalue weighted by Gasteiger charge is -2.35. The maximum atomic E-state index is 12.8. The van der Waals surface area contributed by atoms with Crippen LogP contribution in [0.1, 0.15) is 32.1 Å². The Labute approximate surface area is 128 Å². The van der Waals surface area contributed by atoms with Gasteiger partial charge in [-0.2, -0.15) is 0 Å². The van der Waals surface area contributed by atoms with Crippen molar-refractivity contribution >= 4 is 11.9 Å². The van der Waals surface area contributed by atoms with Gasteiger partial charge in [-0.1, -0.05) is 0 Å². The van der Waals surface area contributed by atoms with E-state index in [1.807, 2.05) is 0 Å². The zero-order chi connectivity index (χ0) is 15.9. The summed E-state index contributed by atoms with van der Waals surface area (Å²) in [5, 5.41) is 8.78. The van der Waals surface area contributed by atoms with E-state index in [1.165, 1.54) is 24.3 Å². The normalized spacial score (nSPS) is 18.0. The molecule has 1 aliphatic rings. The van der Waals surface area contributed by atoms with Gasteiger partial charge in [-0.3, -0.25) is 9.59 Å². The van der Waals surface area contributed by atoms with Crippen molar-refractivity contribution in [1.29, 1.82) is 0 Å². The molecule has 5 nitrogen and oxygen atoms in total. The number of carbonyl (C=O) groups is 2. The summed E-state index contributed by atoms with van der Waals surface area (Å²) in [6.07, 6.45) is 3.29. The number of benzene rings is 1. The van der Waals surface area contributed by atoms with Crippen LogP contribution < -0.4 is 4.74 Å². The number of aliphatic carboxylic acids is 1. The molecular formula is C16H20FNO4. The maximum Gasteiger partial charge on any atom is 0.303 e. The Kier molecular flexibility index (Phi) is 5.75. The number of hydrogen-bond acceptors (Lipinski definition) is 3. The van der Waals surface area contributed by atoms with E-state index in [9.17, 15) is 14.0 Å². The fraction of sp³-hybridized carbons (Fsp3) is 0.500. The Bertz CT molecular complexity index is 517. The van der Waals surface area contributed by atoms with E-state index in [4.69, 9.17) is 9.84 Å². The molecule has 0 radical (unpaired) electrons. The SMILES string of the molecule is O=C(O)CCC1CCCCN1C(=O)COc1ccc(F)cc1. The first-order valence-corrected chi connectivity index (χ1v) is 7.46. The second-order valence-corrected chi connectivity index (χ2v) is 5.41. The molecule has 0 aliphatic carbocycles. The summed E-state index contributed by atoms with van der Waals surface area (Å²) < 4.78 is 18.2. The van der Waals surface area contributed by atoms with Crippen molar-refractivity contribution in [3.63, 3.8) is 0 Å². The van der Waals surface area contributed by atoms with E-state index >= 15 is 0 Å². The molecule has 0 saturated carbocycles. The lowest BCUT2D eigenvalue weighted by Crippen LogP contribution is -2.46. The van der Waals surface area contributed by atoms with Crippen LogP contribution in [0.15, 0.2) is 24.3 Å². The van der Waals surface area contributed by atoms with Crippen LogP contribution >= 0.6 is 0 Å². The van der Waals surface area contributed by atoms with Crippen molar-refractivity contribution < 1.29 is 23.8 Å². The highest BCUT2D eigenvalue weighted by Crippen LogP contribution is 2.21. The molecule has 0 spiro atoms. The van der Waals surface area contributed by atoms with Crippen LogP contribution in [0.2, 0.25) is 0 Å². The Morgan fingerprint density at radius 1 is 1.27 bits per heavy atom. The smallest absolute Gasteiger partial charge is 0.303 e. The summed E-state index contributed by atoms with van der Waals surface area (Å²) in [5.74, 6) is -0.919. The van der Waals surface area contributed by atoms with E-state index in [1.54, 1.807) is 4.90 Å². The number of amides is 1. The van der Waals surface area contributed by atoms with Crippen molar-refractivity contribution in [2.45, 2.75) is 38.1 Å². The van der Waals surface area contributed by atoms with Gasteiger partial charge in [0, 0.05) is 19.0 Å². The molecular weight excluding hydrogens is 289 g/mol. The standard InChI is InChI=1S/C16H20FNO4/c17-12-4-7-14(8-5-12)22-11-15(19)18-10-2-1-3-13(18)6-9-16(20)21/h4-5,7-8,13H,1-3,6,9-11H2,(H,20,21). The minimum Gasteiger partial charge on any atom is -0.484 e. The number of likely N-dealkylation sites (tertiary alicyclic amines) is 1. The monoisotopic (exact) mass is 309 g/mol. The van der Waals surface area contributed by atoms with Gasteiger partial charge in [0.1, 0.15) is 11.6 Å². The number of carboxylic acid groups (broad SMARTS) is 1. The highest BCUT2D eigenvalue weighted by molar-refractivity contribution is 5.78. The number of rotatable bonds is 6. The first-order valence-electron chi connectivity index (χ1n) is 7.46. The number of nitrogens with zero attached hydrogens (tertiary/aromatic N) is 1. The summed E-state index contributed by atoms with van der Waals surface area (Å²) in [6.45, 7) is 0.519. The van der Waals surface area contributed by atoms with Gasteiger partial charge in [0.2, 0.25) is 0 Å². The zero-order valence-corrected chi connectivity index (χ0v) is 12.3. The van der Waals surface area contributed by atoms with Crippen LogP contribution in [0.25, 0.3) is 0 Å². The zero-order valence-electron chi connectivity index (χ0n) is 12.3. The van der Waals surface area contributed by atoms with Gasteiger partial charge in [-0.25, -0.2) is 4.39 Å². The fourth-order valence-electron chi connectivity index (χ4n) is 2.68. The second-order valence-electron chi connectivity index (χ2n) is 5.41. The maximum absolute atomic E-state index is 12.8. The third-order valence-corrected chi connectivity index (χ3v) is 3.81. The first-order chi connectivity index (χ1) is 10.6. The highest BCUT2D eigenvalue weighted by atomic mass is 19.1. The van der Waals surface area contributed by atoms with Crippen LogP contribution in [-0.2, 0) is 9.59 Å². The van der Waals surface area contributed by atoms with Gasteiger partial charge >= 0.3 is 5.97 Å². The molecule has 1 aromatic carbocycles. The predicted molar refractivity (Wildman–Crippen MR) is 78.1 cm³/mol. The van der Waals surface area contributed by atoms with Gasteiger partial charge < -0.3 is 14.7 Å². The lowest BCUT2D eigenvalue weighted by molar-refractivity contribution is -0.141. The Balaban J connectivity index is 1.88. The van der Waals surface area contributed by atoms with E-state index in [-0.39, 0.29) is 30.8 Å². The van der Waals surface area contributed by atoms with Crippen molar-refractivity contribution in [1.82, 2.24) is 4.90 Å². The summed E-state index contributed by atoms with van der Waals surface area (Å²) >= 11 is 0. The third kappa shape index (κ3) is 4.72. The number of hydrogen-bond donors (Lipinski definition) is 1. The molecule has 1 unspecified atom stereocenters. The molecule has 1 saturated heterocycles. The van der Waals surface area contributed by atoms with Gasteiger partial charge in [-0.15, -0.1) is 0 Å². The molecule has 2 rings (SSSR count). The van der Waals surface area contributed by atoms with E-state index in [2.05, 4.69) is 0 Å². The van der Waals surface area contributed by atoms with Crippen molar-refractivity contribution in [3.05, 3.63) is 30.1 Å². The number of ether oxygens (including phenoxy) is 1. The van der Waals surface area contributed by atoms with Gasteiger partial charge in [0.15, 0.2) is 6.61 Å².